The predicted octanol–water partition coefficient (Wildman–Crippen LogP) is 3.21. The van der Waals surface area contributed by atoms with E-state index in [2.05, 4.69) is 5.32 Å². The number of nitrogen functional groups attached to an aromatic ring is 1. The van der Waals surface area contributed by atoms with Crippen molar-refractivity contribution in [2.75, 3.05) is 17.7 Å². The van der Waals surface area contributed by atoms with Crippen molar-refractivity contribution in [2.24, 2.45) is 0 Å². The van der Waals surface area contributed by atoms with Crippen molar-refractivity contribution in [2.45, 2.75) is 12.8 Å². The van der Waals surface area contributed by atoms with Crippen LogP contribution in [-0.4, -0.2) is 12.5 Å². The van der Waals surface area contributed by atoms with Crippen molar-refractivity contribution < 1.29 is 13.9 Å². The number of nitrogens with one attached hydrogen (secondary N) is 1. The van der Waals surface area contributed by atoms with E-state index in [1.54, 1.807) is 42.5 Å². The molecule has 2 rings (SSSR count). The highest BCUT2D eigenvalue weighted by Crippen LogP contribution is 2.18. The zero-order valence-electron chi connectivity index (χ0n) is 11.5. The molecule has 0 saturated heterocycles. The van der Waals surface area contributed by atoms with Gasteiger partial charge in [0.25, 0.3) is 0 Å². The first-order valence-corrected chi connectivity index (χ1v) is 6.68. The van der Waals surface area contributed by atoms with Gasteiger partial charge in [0, 0.05) is 6.42 Å². The minimum absolute atomic E-state index is 0.148. The molecule has 1 amide bonds. The Balaban J connectivity index is 1.73. The lowest BCUT2D eigenvalue weighted by molar-refractivity contribution is -0.116. The van der Waals surface area contributed by atoms with E-state index in [9.17, 15) is 9.18 Å². The molecule has 0 aliphatic rings. The first kappa shape index (κ1) is 14.8. The number of ether oxygens (including phenoxy) is 1. The van der Waals surface area contributed by atoms with Crippen LogP contribution in [0.1, 0.15) is 12.8 Å². The normalized spacial score (nSPS) is 10.1. The van der Waals surface area contributed by atoms with Crippen LogP contribution in [-0.2, 0) is 4.79 Å². The maximum Gasteiger partial charge on any atom is 0.224 e. The lowest BCUT2D eigenvalue weighted by atomic mass is 10.2. The summed E-state index contributed by atoms with van der Waals surface area (Å²) >= 11 is 0. The fourth-order valence-corrected chi connectivity index (χ4v) is 1.80. The van der Waals surface area contributed by atoms with Crippen LogP contribution in [0.5, 0.6) is 5.75 Å². The molecule has 3 N–H and O–H groups in total. The third kappa shape index (κ3) is 4.49. The molecule has 110 valence electrons. The molecular formula is C16H17FN2O2. The maximum atomic E-state index is 13.3. The molecule has 2 aromatic carbocycles. The number of carbonyl (C=O) groups is 1. The number of benzene rings is 2. The van der Waals surface area contributed by atoms with E-state index >= 15 is 0 Å². The van der Waals surface area contributed by atoms with Crippen molar-refractivity contribution >= 4 is 17.3 Å². The smallest absolute Gasteiger partial charge is 0.224 e. The highest BCUT2D eigenvalue weighted by molar-refractivity contribution is 5.93. The van der Waals surface area contributed by atoms with Crippen LogP contribution in [0.3, 0.4) is 0 Å². The van der Waals surface area contributed by atoms with Gasteiger partial charge in [-0.3, -0.25) is 4.79 Å². The van der Waals surface area contributed by atoms with Gasteiger partial charge in [0.1, 0.15) is 0 Å². The second-order valence-electron chi connectivity index (χ2n) is 4.52. The van der Waals surface area contributed by atoms with Crippen molar-refractivity contribution in [3.8, 4) is 5.75 Å². The number of anilines is 2. The Hall–Kier alpha value is -2.56. The number of carbonyl (C=O) groups excluding carboxylic acids is 1. The van der Waals surface area contributed by atoms with E-state index in [-0.39, 0.29) is 24.7 Å². The zero-order valence-corrected chi connectivity index (χ0v) is 11.5. The first-order chi connectivity index (χ1) is 10.2. The largest absolute Gasteiger partial charge is 0.491 e. The first-order valence-electron chi connectivity index (χ1n) is 6.68. The van der Waals surface area contributed by atoms with E-state index < -0.39 is 5.82 Å². The monoisotopic (exact) mass is 288 g/mol. The highest BCUT2D eigenvalue weighted by Gasteiger charge is 2.05. The van der Waals surface area contributed by atoms with Gasteiger partial charge in [-0.25, -0.2) is 4.39 Å². The summed E-state index contributed by atoms with van der Waals surface area (Å²) < 4.78 is 18.6. The molecule has 0 aliphatic carbocycles. The van der Waals surface area contributed by atoms with Crippen LogP contribution < -0.4 is 15.8 Å². The Kier molecular flexibility index (Phi) is 5.15. The Morgan fingerprint density at radius 1 is 1.14 bits per heavy atom. The van der Waals surface area contributed by atoms with Gasteiger partial charge >= 0.3 is 0 Å². The summed E-state index contributed by atoms with van der Waals surface area (Å²) in [5, 5.41) is 2.73. The molecule has 0 unspecified atom stereocenters. The Morgan fingerprint density at radius 3 is 2.62 bits per heavy atom. The summed E-state index contributed by atoms with van der Waals surface area (Å²) in [5.41, 5.74) is 6.85. The van der Waals surface area contributed by atoms with Crippen molar-refractivity contribution in [1.82, 2.24) is 0 Å². The second-order valence-corrected chi connectivity index (χ2v) is 4.52. The van der Waals surface area contributed by atoms with E-state index in [0.717, 1.165) is 0 Å². The summed E-state index contributed by atoms with van der Waals surface area (Å²) in [4.78, 5) is 11.7. The quantitative estimate of drug-likeness (QED) is 0.633. The second kappa shape index (κ2) is 7.28. The molecule has 0 bridgehead atoms. The summed E-state index contributed by atoms with van der Waals surface area (Å²) in [7, 11) is 0. The van der Waals surface area contributed by atoms with Gasteiger partial charge in [0.15, 0.2) is 11.6 Å². The third-order valence-electron chi connectivity index (χ3n) is 2.88. The molecule has 0 radical (unpaired) electrons. The fourth-order valence-electron chi connectivity index (χ4n) is 1.80. The summed E-state index contributed by atoms with van der Waals surface area (Å²) in [6.07, 6.45) is 0.774. The molecule has 0 atom stereocenters. The molecule has 0 aromatic heterocycles. The van der Waals surface area contributed by atoms with Crippen LogP contribution in [0.15, 0.2) is 48.5 Å². The number of amides is 1. The predicted molar refractivity (Wildman–Crippen MR) is 80.6 cm³/mol. The topological polar surface area (TPSA) is 64.3 Å². The lowest BCUT2D eigenvalue weighted by Crippen LogP contribution is -2.14. The summed E-state index contributed by atoms with van der Waals surface area (Å²) in [6.45, 7) is 0.276. The van der Waals surface area contributed by atoms with Gasteiger partial charge in [-0.15, -0.1) is 0 Å². The maximum absolute atomic E-state index is 13.3. The zero-order chi connectivity index (χ0) is 15.1. The number of para-hydroxylation sites is 3. The van der Waals surface area contributed by atoms with Gasteiger partial charge in [-0.05, 0) is 30.7 Å². The molecule has 0 fully saturated rings. The standard InChI is InChI=1S/C16H17FN2O2/c17-12-6-1-4-9-15(12)21-11-5-10-16(20)19-14-8-3-2-7-13(14)18/h1-4,6-9H,5,10-11,18H2,(H,19,20). The molecule has 21 heavy (non-hydrogen) atoms. The Bertz CT molecular complexity index is 617. The molecule has 4 nitrogen and oxygen atoms in total. The van der Waals surface area contributed by atoms with Crippen LogP contribution >= 0.6 is 0 Å². The van der Waals surface area contributed by atoms with Crippen molar-refractivity contribution in [3.63, 3.8) is 0 Å². The van der Waals surface area contributed by atoms with Crippen LogP contribution in [0, 0.1) is 5.82 Å². The minimum atomic E-state index is -0.404. The van der Waals surface area contributed by atoms with Gasteiger partial charge in [0.2, 0.25) is 5.91 Å². The lowest BCUT2D eigenvalue weighted by Gasteiger charge is -2.09. The van der Waals surface area contributed by atoms with Crippen LogP contribution in [0.4, 0.5) is 15.8 Å². The fraction of sp³-hybridized carbons (Fsp3) is 0.188. The van der Waals surface area contributed by atoms with Gasteiger partial charge in [0.05, 0.1) is 18.0 Å². The van der Waals surface area contributed by atoms with E-state index in [1.165, 1.54) is 6.07 Å². The van der Waals surface area contributed by atoms with E-state index in [0.29, 0.717) is 17.8 Å². The molecule has 5 heteroatoms. The average Bonchev–Trinajstić information content (AvgIpc) is 2.48. The summed E-state index contributed by atoms with van der Waals surface area (Å²) in [5.74, 6) is -0.353. The third-order valence-corrected chi connectivity index (χ3v) is 2.88. The molecular weight excluding hydrogens is 271 g/mol. The minimum Gasteiger partial charge on any atom is -0.491 e. The molecule has 0 aliphatic heterocycles. The van der Waals surface area contributed by atoms with Crippen LogP contribution in [0.25, 0.3) is 0 Å². The molecule has 0 saturated carbocycles. The number of rotatable bonds is 6. The van der Waals surface area contributed by atoms with E-state index in [4.69, 9.17) is 10.5 Å². The average molecular weight is 288 g/mol. The summed E-state index contributed by atoms with van der Waals surface area (Å²) in [6, 6.07) is 13.2. The van der Waals surface area contributed by atoms with Crippen LogP contribution in [0.2, 0.25) is 0 Å². The number of hydrogen-bond donors (Lipinski definition) is 2. The number of halogens is 1. The van der Waals surface area contributed by atoms with Crippen molar-refractivity contribution in [3.05, 3.63) is 54.3 Å². The SMILES string of the molecule is Nc1ccccc1NC(=O)CCCOc1ccccc1F. The van der Waals surface area contributed by atoms with Gasteiger partial charge < -0.3 is 15.8 Å². The molecule has 0 heterocycles. The molecule has 0 spiro atoms. The van der Waals surface area contributed by atoms with E-state index in [1.807, 2.05) is 0 Å². The molecule has 2 aromatic rings. The highest BCUT2D eigenvalue weighted by atomic mass is 19.1. The Morgan fingerprint density at radius 2 is 1.86 bits per heavy atom. The number of hydrogen-bond acceptors (Lipinski definition) is 3. The van der Waals surface area contributed by atoms with Crippen molar-refractivity contribution in [1.29, 1.82) is 0 Å². The number of nitrogens with two attached hydrogens (primary N) is 1. The Labute approximate surface area is 122 Å². The van der Waals surface area contributed by atoms with Gasteiger partial charge in [-0.2, -0.15) is 0 Å². The van der Waals surface area contributed by atoms with Gasteiger partial charge in [-0.1, -0.05) is 24.3 Å².